The summed E-state index contributed by atoms with van der Waals surface area (Å²) < 4.78 is 11.0. The second kappa shape index (κ2) is 8.01. The second-order valence-corrected chi connectivity index (χ2v) is 4.40. The SMILES string of the molecule is CCOC(CN)CCN1CCCC(OC)C1. The van der Waals surface area contributed by atoms with Crippen LogP contribution in [0, 0.1) is 0 Å². The fourth-order valence-electron chi connectivity index (χ4n) is 2.24. The van der Waals surface area contributed by atoms with Gasteiger partial charge in [-0.05, 0) is 32.7 Å². The Labute approximate surface area is 99.1 Å². The largest absolute Gasteiger partial charge is 0.380 e. The van der Waals surface area contributed by atoms with Gasteiger partial charge < -0.3 is 20.1 Å². The molecule has 16 heavy (non-hydrogen) atoms. The number of rotatable bonds is 7. The Kier molecular flexibility index (Phi) is 6.96. The van der Waals surface area contributed by atoms with Crippen molar-refractivity contribution in [2.75, 3.05) is 39.9 Å². The van der Waals surface area contributed by atoms with E-state index < -0.39 is 0 Å². The summed E-state index contributed by atoms with van der Waals surface area (Å²) in [4.78, 5) is 2.46. The van der Waals surface area contributed by atoms with Crippen LogP contribution in [-0.2, 0) is 9.47 Å². The number of hydrogen-bond acceptors (Lipinski definition) is 4. The van der Waals surface area contributed by atoms with E-state index in [4.69, 9.17) is 15.2 Å². The first-order chi connectivity index (χ1) is 7.80. The van der Waals surface area contributed by atoms with Crippen molar-refractivity contribution in [3.63, 3.8) is 0 Å². The fourth-order valence-corrected chi connectivity index (χ4v) is 2.24. The van der Waals surface area contributed by atoms with Crippen LogP contribution in [0.3, 0.4) is 0 Å². The molecule has 0 saturated carbocycles. The average molecular weight is 230 g/mol. The molecular formula is C12H26N2O2. The molecule has 1 aliphatic rings. The predicted molar refractivity (Wildman–Crippen MR) is 65.6 cm³/mol. The standard InChI is InChI=1S/C12H26N2O2/c1-3-16-11(9-13)6-8-14-7-4-5-12(10-14)15-2/h11-12H,3-10,13H2,1-2H3. The van der Waals surface area contributed by atoms with Crippen LogP contribution in [-0.4, -0.2) is 57.0 Å². The highest BCUT2D eigenvalue weighted by Crippen LogP contribution is 2.13. The summed E-state index contributed by atoms with van der Waals surface area (Å²) >= 11 is 0. The fraction of sp³-hybridized carbons (Fsp3) is 1.00. The minimum absolute atomic E-state index is 0.216. The van der Waals surface area contributed by atoms with Crippen LogP contribution >= 0.6 is 0 Å². The summed E-state index contributed by atoms with van der Waals surface area (Å²) in [6.07, 6.45) is 4.09. The van der Waals surface area contributed by atoms with Crippen LogP contribution in [0.2, 0.25) is 0 Å². The van der Waals surface area contributed by atoms with Crippen molar-refractivity contribution in [3.8, 4) is 0 Å². The van der Waals surface area contributed by atoms with Gasteiger partial charge in [0.05, 0.1) is 12.2 Å². The van der Waals surface area contributed by atoms with E-state index in [0.717, 1.165) is 26.1 Å². The lowest BCUT2D eigenvalue weighted by molar-refractivity contribution is 0.0165. The van der Waals surface area contributed by atoms with E-state index in [9.17, 15) is 0 Å². The summed E-state index contributed by atoms with van der Waals surface area (Å²) in [7, 11) is 1.80. The topological polar surface area (TPSA) is 47.7 Å². The maximum absolute atomic E-state index is 5.66. The molecule has 0 spiro atoms. The quantitative estimate of drug-likeness (QED) is 0.704. The summed E-state index contributed by atoms with van der Waals surface area (Å²) in [6.45, 7) is 6.70. The Bertz CT molecular complexity index is 178. The zero-order valence-corrected chi connectivity index (χ0v) is 10.7. The van der Waals surface area contributed by atoms with Crippen LogP contribution in [0.15, 0.2) is 0 Å². The monoisotopic (exact) mass is 230 g/mol. The van der Waals surface area contributed by atoms with E-state index in [0.29, 0.717) is 12.6 Å². The Morgan fingerprint density at radius 3 is 2.94 bits per heavy atom. The van der Waals surface area contributed by atoms with Crippen LogP contribution in [0.4, 0.5) is 0 Å². The predicted octanol–water partition coefficient (Wildman–Crippen LogP) is 0.851. The van der Waals surface area contributed by atoms with Gasteiger partial charge in [0.1, 0.15) is 0 Å². The van der Waals surface area contributed by atoms with Gasteiger partial charge in [0, 0.05) is 33.4 Å². The lowest BCUT2D eigenvalue weighted by atomic mass is 10.1. The van der Waals surface area contributed by atoms with Crippen molar-refractivity contribution in [1.29, 1.82) is 0 Å². The van der Waals surface area contributed by atoms with Crippen LogP contribution < -0.4 is 5.73 Å². The highest BCUT2D eigenvalue weighted by molar-refractivity contribution is 4.74. The van der Waals surface area contributed by atoms with E-state index in [2.05, 4.69) is 4.90 Å². The van der Waals surface area contributed by atoms with Gasteiger partial charge >= 0.3 is 0 Å². The Morgan fingerprint density at radius 2 is 2.31 bits per heavy atom. The minimum Gasteiger partial charge on any atom is -0.380 e. The van der Waals surface area contributed by atoms with Gasteiger partial charge in [-0.15, -0.1) is 0 Å². The van der Waals surface area contributed by atoms with E-state index in [1.165, 1.54) is 19.4 Å². The number of ether oxygens (including phenoxy) is 2. The Hall–Kier alpha value is -0.160. The van der Waals surface area contributed by atoms with Crippen molar-refractivity contribution in [3.05, 3.63) is 0 Å². The van der Waals surface area contributed by atoms with Crippen LogP contribution in [0.1, 0.15) is 26.2 Å². The minimum atomic E-state index is 0.216. The van der Waals surface area contributed by atoms with Crippen molar-refractivity contribution < 1.29 is 9.47 Å². The first-order valence-electron chi connectivity index (χ1n) is 6.37. The summed E-state index contributed by atoms with van der Waals surface area (Å²) in [5.41, 5.74) is 5.66. The molecule has 1 rings (SSSR count). The summed E-state index contributed by atoms with van der Waals surface area (Å²) in [5.74, 6) is 0. The molecule has 4 heteroatoms. The average Bonchev–Trinajstić information content (AvgIpc) is 2.34. The molecule has 1 aliphatic heterocycles. The lowest BCUT2D eigenvalue weighted by Crippen LogP contribution is -2.41. The molecule has 96 valence electrons. The molecule has 1 heterocycles. The maximum atomic E-state index is 5.66. The number of nitrogens with zero attached hydrogens (tertiary/aromatic N) is 1. The first kappa shape index (κ1) is 13.9. The molecule has 4 nitrogen and oxygen atoms in total. The number of piperidine rings is 1. The van der Waals surface area contributed by atoms with E-state index in [1.807, 2.05) is 6.92 Å². The van der Waals surface area contributed by atoms with Gasteiger partial charge in [-0.25, -0.2) is 0 Å². The Morgan fingerprint density at radius 1 is 1.50 bits per heavy atom. The van der Waals surface area contributed by atoms with Gasteiger partial charge in [0.25, 0.3) is 0 Å². The third-order valence-corrected chi connectivity index (χ3v) is 3.23. The summed E-state index contributed by atoms with van der Waals surface area (Å²) in [5, 5.41) is 0. The number of nitrogens with two attached hydrogens (primary N) is 1. The van der Waals surface area contributed by atoms with Crippen molar-refractivity contribution in [2.24, 2.45) is 5.73 Å². The molecule has 1 fully saturated rings. The number of hydrogen-bond donors (Lipinski definition) is 1. The smallest absolute Gasteiger partial charge is 0.0709 e. The van der Waals surface area contributed by atoms with Crippen molar-refractivity contribution >= 4 is 0 Å². The molecule has 0 aliphatic carbocycles. The van der Waals surface area contributed by atoms with Gasteiger partial charge in [0.15, 0.2) is 0 Å². The Balaban J connectivity index is 2.20. The summed E-state index contributed by atoms with van der Waals surface area (Å²) in [6, 6.07) is 0. The molecule has 0 bridgehead atoms. The highest BCUT2D eigenvalue weighted by atomic mass is 16.5. The first-order valence-corrected chi connectivity index (χ1v) is 6.37. The molecule has 2 atom stereocenters. The maximum Gasteiger partial charge on any atom is 0.0709 e. The van der Waals surface area contributed by atoms with Crippen LogP contribution in [0.5, 0.6) is 0 Å². The van der Waals surface area contributed by atoms with E-state index in [-0.39, 0.29) is 6.10 Å². The van der Waals surface area contributed by atoms with Gasteiger partial charge in [-0.3, -0.25) is 0 Å². The zero-order valence-electron chi connectivity index (χ0n) is 10.7. The van der Waals surface area contributed by atoms with E-state index in [1.54, 1.807) is 7.11 Å². The third-order valence-electron chi connectivity index (χ3n) is 3.23. The molecular weight excluding hydrogens is 204 g/mol. The molecule has 2 unspecified atom stereocenters. The highest BCUT2D eigenvalue weighted by Gasteiger charge is 2.19. The van der Waals surface area contributed by atoms with E-state index >= 15 is 0 Å². The third kappa shape index (κ3) is 4.78. The van der Waals surface area contributed by atoms with Gasteiger partial charge in [-0.1, -0.05) is 0 Å². The van der Waals surface area contributed by atoms with Crippen LogP contribution in [0.25, 0.3) is 0 Å². The van der Waals surface area contributed by atoms with Crippen molar-refractivity contribution in [2.45, 2.75) is 38.4 Å². The molecule has 0 aromatic carbocycles. The van der Waals surface area contributed by atoms with Gasteiger partial charge in [0.2, 0.25) is 0 Å². The normalized spacial score (nSPS) is 24.6. The molecule has 0 aromatic rings. The number of likely N-dealkylation sites (tertiary alicyclic amines) is 1. The lowest BCUT2D eigenvalue weighted by Gasteiger charge is -2.32. The second-order valence-electron chi connectivity index (χ2n) is 4.40. The van der Waals surface area contributed by atoms with Gasteiger partial charge in [-0.2, -0.15) is 0 Å². The molecule has 1 saturated heterocycles. The molecule has 0 aromatic heterocycles. The molecule has 0 amide bonds. The zero-order chi connectivity index (χ0) is 11.8. The molecule has 0 radical (unpaired) electrons. The molecule has 2 N–H and O–H groups in total. The number of methoxy groups -OCH3 is 1. The van der Waals surface area contributed by atoms with Crippen molar-refractivity contribution in [1.82, 2.24) is 4.90 Å².